The lowest BCUT2D eigenvalue weighted by molar-refractivity contribution is 0.237. The van der Waals surface area contributed by atoms with Crippen LogP contribution in [-0.4, -0.2) is 29.0 Å². The van der Waals surface area contributed by atoms with Crippen molar-refractivity contribution in [3.05, 3.63) is 41.5 Å². The van der Waals surface area contributed by atoms with E-state index in [9.17, 15) is 4.79 Å². The van der Waals surface area contributed by atoms with Crippen LogP contribution in [0.3, 0.4) is 0 Å². The lowest BCUT2D eigenvalue weighted by Gasteiger charge is -2.15. The van der Waals surface area contributed by atoms with Gasteiger partial charge in [-0.2, -0.15) is 4.98 Å². The molecule has 0 spiro atoms. The van der Waals surface area contributed by atoms with Gasteiger partial charge in [-0.3, -0.25) is 0 Å². The van der Waals surface area contributed by atoms with Crippen LogP contribution in [0.2, 0.25) is 0 Å². The lowest BCUT2D eigenvalue weighted by atomic mass is 10.1. The van der Waals surface area contributed by atoms with E-state index < -0.39 is 0 Å². The molecule has 2 aromatic rings. The van der Waals surface area contributed by atoms with Crippen LogP contribution in [0.25, 0.3) is 0 Å². The summed E-state index contributed by atoms with van der Waals surface area (Å²) in [5.74, 6) is 1.47. The molecule has 1 heterocycles. The van der Waals surface area contributed by atoms with Gasteiger partial charge in [0.1, 0.15) is 0 Å². The van der Waals surface area contributed by atoms with Gasteiger partial charge in [0.2, 0.25) is 5.89 Å². The number of carbonyl (C=O) groups is 1. The first-order chi connectivity index (χ1) is 11.5. The molecule has 0 aliphatic rings. The summed E-state index contributed by atoms with van der Waals surface area (Å²) in [5, 5.41) is 9.63. The van der Waals surface area contributed by atoms with Crippen molar-refractivity contribution in [2.24, 2.45) is 0 Å². The van der Waals surface area contributed by atoms with Crippen LogP contribution in [0.15, 0.2) is 33.7 Å². The van der Waals surface area contributed by atoms with Crippen LogP contribution in [-0.2, 0) is 6.42 Å². The van der Waals surface area contributed by atoms with E-state index in [1.54, 1.807) is 11.8 Å². The van der Waals surface area contributed by atoms with E-state index in [-0.39, 0.29) is 18.0 Å². The SMILES string of the molecule is CSc1ccc([C@H](C)NC(=O)NCCc2nc(C(C)C)no2)cc1. The molecule has 7 heteroatoms. The molecule has 1 aromatic heterocycles. The van der Waals surface area contributed by atoms with Crippen molar-refractivity contribution in [3.63, 3.8) is 0 Å². The highest BCUT2D eigenvalue weighted by Gasteiger charge is 2.11. The minimum Gasteiger partial charge on any atom is -0.339 e. The molecule has 0 bridgehead atoms. The van der Waals surface area contributed by atoms with Crippen molar-refractivity contribution in [2.45, 2.75) is 44.0 Å². The fraction of sp³-hybridized carbons (Fsp3) is 0.471. The summed E-state index contributed by atoms with van der Waals surface area (Å²) in [6.45, 7) is 6.42. The number of urea groups is 1. The Hall–Kier alpha value is -2.02. The molecule has 2 amide bonds. The molecule has 1 aromatic carbocycles. The third-order valence-corrected chi connectivity index (χ3v) is 4.33. The van der Waals surface area contributed by atoms with Crippen LogP contribution in [0.4, 0.5) is 4.79 Å². The molecular formula is C17H24N4O2S. The van der Waals surface area contributed by atoms with Crippen molar-refractivity contribution >= 4 is 17.8 Å². The van der Waals surface area contributed by atoms with E-state index in [0.717, 1.165) is 5.56 Å². The fourth-order valence-corrected chi connectivity index (χ4v) is 2.52. The van der Waals surface area contributed by atoms with Crippen LogP contribution in [0.1, 0.15) is 50.0 Å². The summed E-state index contributed by atoms with van der Waals surface area (Å²) in [4.78, 5) is 17.4. The summed E-state index contributed by atoms with van der Waals surface area (Å²) in [6, 6.07) is 7.90. The standard InChI is InChI=1S/C17H24N4O2S/c1-11(2)16-20-15(23-21-16)9-10-18-17(22)19-12(3)13-5-7-14(24-4)8-6-13/h5-8,11-12H,9-10H2,1-4H3,(H2,18,19,22)/t12-/m0/s1. The largest absolute Gasteiger partial charge is 0.339 e. The Balaban J connectivity index is 1.75. The molecule has 2 N–H and O–H groups in total. The Morgan fingerprint density at radius 1 is 1.25 bits per heavy atom. The Morgan fingerprint density at radius 2 is 1.96 bits per heavy atom. The summed E-state index contributed by atoms with van der Waals surface area (Å²) in [6.07, 6.45) is 2.56. The molecule has 0 unspecified atom stereocenters. The van der Waals surface area contributed by atoms with E-state index in [4.69, 9.17) is 4.52 Å². The molecule has 0 aliphatic heterocycles. The first kappa shape index (κ1) is 18.3. The number of thioether (sulfide) groups is 1. The lowest BCUT2D eigenvalue weighted by Crippen LogP contribution is -2.38. The molecule has 0 fully saturated rings. The number of rotatable bonds is 7. The number of nitrogens with zero attached hydrogens (tertiary/aromatic N) is 2. The molecule has 0 saturated heterocycles. The quantitative estimate of drug-likeness (QED) is 0.748. The van der Waals surface area contributed by atoms with E-state index in [0.29, 0.717) is 24.7 Å². The number of benzene rings is 1. The number of hydrogen-bond acceptors (Lipinski definition) is 5. The second kappa shape index (κ2) is 8.73. The number of amides is 2. The van der Waals surface area contributed by atoms with Crippen molar-refractivity contribution in [1.82, 2.24) is 20.8 Å². The maximum absolute atomic E-state index is 12.0. The smallest absolute Gasteiger partial charge is 0.315 e. The number of hydrogen-bond donors (Lipinski definition) is 2. The predicted octanol–water partition coefficient (Wildman–Crippen LogP) is 3.52. The summed E-state index contributed by atoms with van der Waals surface area (Å²) in [7, 11) is 0. The summed E-state index contributed by atoms with van der Waals surface area (Å²) >= 11 is 1.70. The van der Waals surface area contributed by atoms with E-state index in [1.807, 2.05) is 39.2 Å². The molecule has 130 valence electrons. The highest BCUT2D eigenvalue weighted by atomic mass is 32.2. The zero-order valence-corrected chi connectivity index (χ0v) is 15.3. The molecule has 0 saturated carbocycles. The van der Waals surface area contributed by atoms with Gasteiger partial charge in [-0.25, -0.2) is 4.79 Å². The first-order valence-electron chi connectivity index (χ1n) is 8.00. The van der Waals surface area contributed by atoms with Crippen molar-refractivity contribution in [2.75, 3.05) is 12.8 Å². The Bertz CT molecular complexity index is 655. The van der Waals surface area contributed by atoms with Crippen LogP contribution in [0, 0.1) is 0 Å². The monoisotopic (exact) mass is 348 g/mol. The molecule has 0 aliphatic carbocycles. The van der Waals surface area contributed by atoms with Crippen molar-refractivity contribution in [1.29, 1.82) is 0 Å². The van der Waals surface area contributed by atoms with Crippen LogP contribution >= 0.6 is 11.8 Å². The highest BCUT2D eigenvalue weighted by Crippen LogP contribution is 2.18. The molecule has 0 radical (unpaired) electrons. The zero-order chi connectivity index (χ0) is 17.5. The molecule has 1 atom stereocenters. The third kappa shape index (κ3) is 5.26. The average molecular weight is 348 g/mol. The molecule has 2 rings (SSSR count). The number of carbonyl (C=O) groups excluding carboxylic acids is 1. The normalized spacial score (nSPS) is 12.2. The Kier molecular flexibility index (Phi) is 6.66. The van der Waals surface area contributed by atoms with E-state index in [1.165, 1.54) is 4.90 Å². The van der Waals surface area contributed by atoms with Crippen molar-refractivity contribution in [3.8, 4) is 0 Å². The van der Waals surface area contributed by atoms with Gasteiger partial charge < -0.3 is 15.2 Å². The Morgan fingerprint density at radius 3 is 2.54 bits per heavy atom. The van der Waals surface area contributed by atoms with Gasteiger partial charge >= 0.3 is 6.03 Å². The number of nitrogens with one attached hydrogen (secondary N) is 2. The third-order valence-electron chi connectivity index (χ3n) is 3.59. The van der Waals surface area contributed by atoms with Gasteiger partial charge in [0, 0.05) is 23.8 Å². The van der Waals surface area contributed by atoms with Crippen molar-refractivity contribution < 1.29 is 9.32 Å². The number of aromatic nitrogens is 2. The second-order valence-electron chi connectivity index (χ2n) is 5.85. The van der Waals surface area contributed by atoms with Gasteiger partial charge in [0.25, 0.3) is 0 Å². The summed E-state index contributed by atoms with van der Waals surface area (Å²) < 4.78 is 5.15. The van der Waals surface area contributed by atoms with Gasteiger partial charge in [-0.1, -0.05) is 31.1 Å². The first-order valence-corrected chi connectivity index (χ1v) is 9.23. The predicted molar refractivity (Wildman–Crippen MR) is 95.3 cm³/mol. The zero-order valence-electron chi connectivity index (χ0n) is 14.5. The van der Waals surface area contributed by atoms with Gasteiger partial charge in [-0.15, -0.1) is 11.8 Å². The summed E-state index contributed by atoms with van der Waals surface area (Å²) in [5.41, 5.74) is 1.07. The van der Waals surface area contributed by atoms with Gasteiger partial charge in [-0.05, 0) is 30.9 Å². The average Bonchev–Trinajstić information content (AvgIpc) is 3.04. The maximum atomic E-state index is 12.0. The van der Waals surface area contributed by atoms with E-state index in [2.05, 4.69) is 32.9 Å². The van der Waals surface area contributed by atoms with Gasteiger partial charge in [0.05, 0.1) is 6.04 Å². The second-order valence-corrected chi connectivity index (χ2v) is 6.73. The minimum absolute atomic E-state index is 0.0585. The van der Waals surface area contributed by atoms with Gasteiger partial charge in [0.15, 0.2) is 5.82 Å². The molecule has 6 nitrogen and oxygen atoms in total. The van der Waals surface area contributed by atoms with Crippen LogP contribution < -0.4 is 10.6 Å². The Labute approximate surface area is 146 Å². The molecule has 24 heavy (non-hydrogen) atoms. The topological polar surface area (TPSA) is 80.0 Å². The minimum atomic E-state index is -0.208. The van der Waals surface area contributed by atoms with E-state index >= 15 is 0 Å². The highest BCUT2D eigenvalue weighted by molar-refractivity contribution is 7.98. The van der Waals surface area contributed by atoms with Crippen LogP contribution in [0.5, 0.6) is 0 Å². The maximum Gasteiger partial charge on any atom is 0.315 e. The molecular weight excluding hydrogens is 324 g/mol. The fourth-order valence-electron chi connectivity index (χ4n) is 2.11.